The van der Waals surface area contributed by atoms with Gasteiger partial charge in [0.2, 0.25) is 5.91 Å². The predicted octanol–water partition coefficient (Wildman–Crippen LogP) is 0.919. The molecule has 0 aliphatic carbocycles. The summed E-state index contributed by atoms with van der Waals surface area (Å²) in [5, 5.41) is 11.2. The predicted molar refractivity (Wildman–Crippen MR) is 98.2 cm³/mol. The Kier molecular flexibility index (Phi) is 6.00. The van der Waals surface area contributed by atoms with Gasteiger partial charge in [-0.1, -0.05) is 17.3 Å². The van der Waals surface area contributed by atoms with Gasteiger partial charge in [-0.25, -0.2) is 9.48 Å². The van der Waals surface area contributed by atoms with Crippen molar-refractivity contribution < 1.29 is 14.3 Å². The lowest BCUT2D eigenvalue weighted by Gasteiger charge is -2.33. The van der Waals surface area contributed by atoms with Crippen LogP contribution in [0.2, 0.25) is 0 Å². The zero-order valence-electron chi connectivity index (χ0n) is 15.3. The Morgan fingerprint density at radius 1 is 1.33 bits per heavy atom. The van der Waals surface area contributed by atoms with Crippen LogP contribution in [0.25, 0.3) is 10.9 Å². The number of carbonyl (C=O) groups is 2. The molecule has 27 heavy (non-hydrogen) atoms. The van der Waals surface area contributed by atoms with Gasteiger partial charge < -0.3 is 15.0 Å². The number of carbonyl (C=O) groups excluding carboxylic acids is 2. The molecule has 0 bridgehead atoms. The molecule has 1 N–H and O–H groups in total. The molecule has 1 saturated heterocycles. The second-order valence-electron chi connectivity index (χ2n) is 6.43. The number of likely N-dealkylation sites (tertiary alicyclic amines) is 1. The Morgan fingerprint density at radius 2 is 2.15 bits per heavy atom. The number of ether oxygens (including phenoxy) is 1. The lowest BCUT2D eigenvalue weighted by Crippen LogP contribution is -2.50. The molecule has 1 aliphatic rings. The normalized spacial score (nSPS) is 16.9. The van der Waals surface area contributed by atoms with E-state index in [1.807, 2.05) is 0 Å². The third-order valence-corrected chi connectivity index (χ3v) is 4.54. The molecule has 1 aromatic carbocycles. The second kappa shape index (κ2) is 8.61. The van der Waals surface area contributed by atoms with Gasteiger partial charge in [-0.05, 0) is 31.9 Å². The van der Waals surface area contributed by atoms with Crippen molar-refractivity contribution in [3.8, 4) is 0 Å². The number of aryl methyl sites for hydroxylation is 1. The monoisotopic (exact) mass is 373 g/mol. The van der Waals surface area contributed by atoms with Crippen LogP contribution in [0, 0.1) is 0 Å². The molecule has 144 valence electrons. The molecule has 1 aliphatic heterocycles. The van der Waals surface area contributed by atoms with Crippen molar-refractivity contribution in [2.75, 3.05) is 19.7 Å². The van der Waals surface area contributed by atoms with Crippen molar-refractivity contribution >= 4 is 22.9 Å². The van der Waals surface area contributed by atoms with Crippen LogP contribution < -0.4 is 10.9 Å². The number of alkyl carbamates (subject to hydrolysis) is 1. The van der Waals surface area contributed by atoms with E-state index in [0.29, 0.717) is 30.6 Å². The molecule has 9 heteroatoms. The number of hydrogen-bond acceptors (Lipinski definition) is 6. The fraction of sp³-hybridized carbons (Fsp3) is 0.500. The van der Waals surface area contributed by atoms with Crippen LogP contribution in [0.5, 0.6) is 0 Å². The highest BCUT2D eigenvalue weighted by molar-refractivity contribution is 5.77. The Hall–Kier alpha value is -2.97. The molecule has 0 radical (unpaired) electrons. The number of nitrogens with zero attached hydrogens (tertiary/aromatic N) is 4. The molecule has 1 aromatic heterocycles. The van der Waals surface area contributed by atoms with E-state index in [1.165, 1.54) is 4.68 Å². The largest absolute Gasteiger partial charge is 0.450 e. The Balaban J connectivity index is 1.58. The van der Waals surface area contributed by atoms with E-state index in [-0.39, 0.29) is 30.5 Å². The summed E-state index contributed by atoms with van der Waals surface area (Å²) in [4.78, 5) is 38.2. The Bertz CT molecular complexity index is 881. The number of hydrogen-bond donors (Lipinski definition) is 1. The number of fused-ring (bicyclic) bond motifs is 1. The van der Waals surface area contributed by atoms with E-state index >= 15 is 0 Å². The van der Waals surface area contributed by atoms with Gasteiger partial charge in [0.25, 0.3) is 5.56 Å². The summed E-state index contributed by atoms with van der Waals surface area (Å²) < 4.78 is 6.11. The highest BCUT2D eigenvalue weighted by atomic mass is 16.5. The number of piperidine rings is 1. The van der Waals surface area contributed by atoms with E-state index in [1.54, 1.807) is 36.1 Å². The van der Waals surface area contributed by atoms with Crippen molar-refractivity contribution in [2.24, 2.45) is 0 Å². The van der Waals surface area contributed by atoms with E-state index in [2.05, 4.69) is 15.6 Å². The van der Waals surface area contributed by atoms with Crippen LogP contribution in [0.1, 0.15) is 26.2 Å². The highest BCUT2D eigenvalue weighted by Gasteiger charge is 2.25. The van der Waals surface area contributed by atoms with E-state index in [9.17, 15) is 14.4 Å². The standard InChI is InChI=1S/C18H23N5O4/c1-2-27-18(26)19-13-6-5-10-22(12-13)16(24)9-11-23-17(25)14-7-3-4-8-15(14)20-21-23/h3-4,7-8,13H,2,5-6,9-12H2,1H3,(H,19,26). The fourth-order valence-electron chi connectivity index (χ4n) is 3.19. The van der Waals surface area contributed by atoms with Crippen LogP contribution >= 0.6 is 0 Å². The molecule has 2 heterocycles. The van der Waals surface area contributed by atoms with Crippen LogP contribution in [0.4, 0.5) is 4.79 Å². The first-order chi connectivity index (χ1) is 13.1. The molecule has 1 atom stereocenters. The smallest absolute Gasteiger partial charge is 0.407 e. The zero-order chi connectivity index (χ0) is 19.2. The van der Waals surface area contributed by atoms with Gasteiger partial charge in [0, 0.05) is 25.6 Å². The summed E-state index contributed by atoms with van der Waals surface area (Å²) in [5.41, 5.74) is 0.280. The van der Waals surface area contributed by atoms with Gasteiger partial charge in [0.05, 0.1) is 18.5 Å². The van der Waals surface area contributed by atoms with Crippen molar-refractivity contribution in [1.82, 2.24) is 25.2 Å². The molecule has 3 rings (SSSR count). The maximum Gasteiger partial charge on any atom is 0.407 e. The highest BCUT2D eigenvalue weighted by Crippen LogP contribution is 2.12. The average molecular weight is 373 g/mol. The number of aromatic nitrogens is 3. The van der Waals surface area contributed by atoms with Crippen molar-refractivity contribution in [3.05, 3.63) is 34.6 Å². The Morgan fingerprint density at radius 3 is 2.96 bits per heavy atom. The van der Waals surface area contributed by atoms with Gasteiger partial charge in [0.1, 0.15) is 5.52 Å². The second-order valence-corrected chi connectivity index (χ2v) is 6.43. The summed E-state index contributed by atoms with van der Waals surface area (Å²) in [5.74, 6) is -0.0767. The number of benzene rings is 1. The zero-order valence-corrected chi connectivity index (χ0v) is 15.3. The van der Waals surface area contributed by atoms with Crippen LogP contribution in [0.15, 0.2) is 29.1 Å². The van der Waals surface area contributed by atoms with Gasteiger partial charge in [-0.3, -0.25) is 9.59 Å². The van der Waals surface area contributed by atoms with Crippen LogP contribution in [-0.2, 0) is 16.1 Å². The first-order valence-electron chi connectivity index (χ1n) is 9.12. The minimum absolute atomic E-state index is 0.0767. The topological polar surface area (TPSA) is 106 Å². The summed E-state index contributed by atoms with van der Waals surface area (Å²) >= 11 is 0. The molecule has 2 aromatic rings. The maximum atomic E-state index is 12.5. The van der Waals surface area contributed by atoms with Crippen molar-refractivity contribution in [3.63, 3.8) is 0 Å². The summed E-state index contributed by atoms with van der Waals surface area (Å²) in [7, 11) is 0. The molecule has 9 nitrogen and oxygen atoms in total. The molecule has 0 saturated carbocycles. The summed E-state index contributed by atoms with van der Waals surface area (Å²) in [6.45, 7) is 3.30. The van der Waals surface area contributed by atoms with Gasteiger partial charge in [-0.15, -0.1) is 5.10 Å². The molecule has 0 spiro atoms. The number of amides is 2. The molecular formula is C18H23N5O4. The Labute approximate surface area is 156 Å². The quantitative estimate of drug-likeness (QED) is 0.835. The molecule has 1 fully saturated rings. The van der Waals surface area contributed by atoms with Gasteiger partial charge in [-0.2, -0.15) is 0 Å². The molecule has 2 amide bonds. The first-order valence-corrected chi connectivity index (χ1v) is 9.12. The SMILES string of the molecule is CCOC(=O)NC1CCCN(C(=O)CCn2nnc3ccccc3c2=O)C1. The van der Waals surface area contributed by atoms with E-state index in [0.717, 1.165) is 12.8 Å². The lowest BCUT2D eigenvalue weighted by atomic mass is 10.1. The fourth-order valence-corrected chi connectivity index (χ4v) is 3.19. The minimum atomic E-state index is -0.463. The summed E-state index contributed by atoms with van der Waals surface area (Å²) in [6, 6.07) is 6.86. The van der Waals surface area contributed by atoms with E-state index in [4.69, 9.17) is 4.74 Å². The van der Waals surface area contributed by atoms with E-state index < -0.39 is 6.09 Å². The average Bonchev–Trinajstić information content (AvgIpc) is 2.68. The minimum Gasteiger partial charge on any atom is -0.450 e. The van der Waals surface area contributed by atoms with Gasteiger partial charge >= 0.3 is 6.09 Å². The third kappa shape index (κ3) is 4.60. The molecular weight excluding hydrogens is 350 g/mol. The maximum absolute atomic E-state index is 12.5. The summed E-state index contributed by atoms with van der Waals surface area (Å²) in [6.07, 6.45) is 1.30. The van der Waals surface area contributed by atoms with Crippen molar-refractivity contribution in [1.29, 1.82) is 0 Å². The first kappa shape index (κ1) is 18.8. The number of rotatable bonds is 5. The van der Waals surface area contributed by atoms with Crippen molar-refractivity contribution in [2.45, 2.75) is 38.8 Å². The lowest BCUT2D eigenvalue weighted by molar-refractivity contribution is -0.132. The molecule has 1 unspecified atom stereocenters. The van der Waals surface area contributed by atoms with Crippen LogP contribution in [-0.4, -0.2) is 57.6 Å². The van der Waals surface area contributed by atoms with Gasteiger partial charge in [0.15, 0.2) is 0 Å². The third-order valence-electron chi connectivity index (χ3n) is 4.54. The van der Waals surface area contributed by atoms with Crippen LogP contribution in [0.3, 0.4) is 0 Å². The number of nitrogens with one attached hydrogen (secondary N) is 1.